The number of hydrogen-bond donors (Lipinski definition) is 3. The summed E-state index contributed by atoms with van der Waals surface area (Å²) in [6, 6.07) is 7.96. The smallest absolute Gasteiger partial charge is 0.319 e. The molecular weight excluding hydrogens is 238 g/mol. The normalized spacial score (nSPS) is 22.8. The van der Waals surface area contributed by atoms with Crippen molar-refractivity contribution in [2.75, 3.05) is 11.9 Å². The molecule has 0 spiro atoms. The summed E-state index contributed by atoms with van der Waals surface area (Å²) in [5.74, 6) is 0.520. The molecular formula is C15H23N3O. The summed E-state index contributed by atoms with van der Waals surface area (Å²) in [6.45, 7) is 2.72. The number of nitrogens with two attached hydrogens (primary N) is 1. The van der Waals surface area contributed by atoms with E-state index in [1.54, 1.807) is 0 Å². The van der Waals surface area contributed by atoms with Crippen molar-refractivity contribution in [3.05, 3.63) is 29.8 Å². The standard InChI is InChI=1S/C15H23N3O/c1-11-4-2-7-14(8-11)18-15(19)17-10-12-5-3-6-13(16)9-12/h2,4,7-8,12-13H,3,5-6,9-10,16H2,1H3,(H2,17,18,19). The van der Waals surface area contributed by atoms with Crippen LogP contribution in [0.15, 0.2) is 24.3 Å². The van der Waals surface area contributed by atoms with Crippen LogP contribution in [-0.2, 0) is 0 Å². The SMILES string of the molecule is Cc1cccc(NC(=O)NCC2CCCC(N)C2)c1. The molecule has 4 N–H and O–H groups in total. The number of benzene rings is 1. The largest absolute Gasteiger partial charge is 0.338 e. The number of carbonyl (C=O) groups is 1. The fourth-order valence-corrected chi connectivity index (χ4v) is 2.65. The minimum Gasteiger partial charge on any atom is -0.338 e. The fourth-order valence-electron chi connectivity index (χ4n) is 2.65. The van der Waals surface area contributed by atoms with Crippen LogP contribution in [0.5, 0.6) is 0 Å². The second-order valence-electron chi connectivity index (χ2n) is 5.50. The van der Waals surface area contributed by atoms with Gasteiger partial charge in [-0.15, -0.1) is 0 Å². The van der Waals surface area contributed by atoms with E-state index in [9.17, 15) is 4.79 Å². The van der Waals surface area contributed by atoms with Crippen LogP contribution in [0.4, 0.5) is 10.5 Å². The Kier molecular flexibility index (Phi) is 4.80. The Balaban J connectivity index is 1.75. The van der Waals surface area contributed by atoms with Crippen molar-refractivity contribution in [1.82, 2.24) is 5.32 Å². The number of rotatable bonds is 3. The van der Waals surface area contributed by atoms with Crippen LogP contribution in [-0.4, -0.2) is 18.6 Å². The van der Waals surface area contributed by atoms with Gasteiger partial charge in [-0.1, -0.05) is 18.6 Å². The van der Waals surface area contributed by atoms with Gasteiger partial charge in [-0.05, 0) is 49.8 Å². The number of amides is 2. The van der Waals surface area contributed by atoms with E-state index in [2.05, 4.69) is 10.6 Å². The first kappa shape index (κ1) is 13.9. The minimum absolute atomic E-state index is 0.134. The number of hydrogen-bond acceptors (Lipinski definition) is 2. The summed E-state index contributed by atoms with van der Waals surface area (Å²) in [5.41, 5.74) is 7.91. The monoisotopic (exact) mass is 261 g/mol. The maximum atomic E-state index is 11.8. The lowest BCUT2D eigenvalue weighted by molar-refractivity contribution is 0.245. The average molecular weight is 261 g/mol. The summed E-state index contributed by atoms with van der Waals surface area (Å²) >= 11 is 0. The van der Waals surface area contributed by atoms with E-state index in [1.807, 2.05) is 31.2 Å². The predicted octanol–water partition coefficient (Wildman–Crippen LogP) is 2.63. The lowest BCUT2D eigenvalue weighted by atomic mass is 9.86. The van der Waals surface area contributed by atoms with Gasteiger partial charge in [0.15, 0.2) is 0 Å². The Morgan fingerprint density at radius 2 is 2.26 bits per heavy atom. The molecule has 0 aromatic heterocycles. The van der Waals surface area contributed by atoms with Crippen LogP contribution < -0.4 is 16.4 Å². The summed E-state index contributed by atoms with van der Waals surface area (Å²) in [4.78, 5) is 11.8. The molecule has 1 saturated carbocycles. The number of carbonyl (C=O) groups excluding carboxylic acids is 1. The van der Waals surface area contributed by atoms with Gasteiger partial charge in [0, 0.05) is 18.3 Å². The highest BCUT2D eigenvalue weighted by molar-refractivity contribution is 5.89. The van der Waals surface area contributed by atoms with Gasteiger partial charge in [0.25, 0.3) is 0 Å². The zero-order chi connectivity index (χ0) is 13.7. The Morgan fingerprint density at radius 3 is 3.00 bits per heavy atom. The summed E-state index contributed by atoms with van der Waals surface area (Å²) in [6.07, 6.45) is 4.47. The number of nitrogens with one attached hydrogen (secondary N) is 2. The molecule has 4 heteroatoms. The predicted molar refractivity (Wildman–Crippen MR) is 78.1 cm³/mol. The molecule has 1 aromatic rings. The molecule has 0 radical (unpaired) electrons. The van der Waals surface area contributed by atoms with Crippen molar-refractivity contribution in [2.24, 2.45) is 11.7 Å². The second kappa shape index (κ2) is 6.57. The first-order valence-electron chi connectivity index (χ1n) is 7.00. The Labute approximate surface area is 114 Å². The number of anilines is 1. The zero-order valence-corrected chi connectivity index (χ0v) is 11.5. The van der Waals surface area contributed by atoms with Gasteiger partial charge < -0.3 is 16.4 Å². The molecule has 1 fully saturated rings. The van der Waals surface area contributed by atoms with Gasteiger partial charge in [0.2, 0.25) is 0 Å². The first-order chi connectivity index (χ1) is 9.13. The molecule has 1 aromatic carbocycles. The van der Waals surface area contributed by atoms with Crippen LogP contribution in [0, 0.1) is 12.8 Å². The van der Waals surface area contributed by atoms with Gasteiger partial charge in [0.05, 0.1) is 0 Å². The topological polar surface area (TPSA) is 67.2 Å². The molecule has 1 aliphatic carbocycles. The third kappa shape index (κ3) is 4.56. The van der Waals surface area contributed by atoms with E-state index in [-0.39, 0.29) is 6.03 Å². The molecule has 19 heavy (non-hydrogen) atoms. The van der Waals surface area contributed by atoms with Gasteiger partial charge >= 0.3 is 6.03 Å². The molecule has 0 aliphatic heterocycles. The fraction of sp³-hybridized carbons (Fsp3) is 0.533. The minimum atomic E-state index is -0.134. The van der Waals surface area contributed by atoms with E-state index >= 15 is 0 Å². The van der Waals surface area contributed by atoms with Crippen molar-refractivity contribution in [3.8, 4) is 0 Å². The van der Waals surface area contributed by atoms with Crippen molar-refractivity contribution >= 4 is 11.7 Å². The van der Waals surface area contributed by atoms with Crippen LogP contribution in [0.3, 0.4) is 0 Å². The molecule has 1 aliphatic rings. The van der Waals surface area contributed by atoms with E-state index in [0.717, 1.165) is 24.1 Å². The van der Waals surface area contributed by atoms with Gasteiger partial charge in [-0.2, -0.15) is 0 Å². The molecule has 2 amide bonds. The van der Waals surface area contributed by atoms with Crippen LogP contribution >= 0.6 is 0 Å². The summed E-state index contributed by atoms with van der Waals surface area (Å²) in [5, 5.41) is 5.79. The van der Waals surface area contributed by atoms with E-state index < -0.39 is 0 Å². The van der Waals surface area contributed by atoms with Crippen LogP contribution in [0.2, 0.25) is 0 Å². The number of aryl methyl sites for hydroxylation is 1. The third-order valence-electron chi connectivity index (χ3n) is 3.65. The molecule has 4 nitrogen and oxygen atoms in total. The molecule has 0 saturated heterocycles. The number of urea groups is 1. The first-order valence-corrected chi connectivity index (χ1v) is 7.00. The van der Waals surface area contributed by atoms with Gasteiger partial charge in [0.1, 0.15) is 0 Å². The van der Waals surface area contributed by atoms with E-state index in [0.29, 0.717) is 18.5 Å². The molecule has 2 unspecified atom stereocenters. The van der Waals surface area contributed by atoms with Crippen molar-refractivity contribution in [1.29, 1.82) is 0 Å². The zero-order valence-electron chi connectivity index (χ0n) is 11.5. The molecule has 0 bridgehead atoms. The van der Waals surface area contributed by atoms with Crippen LogP contribution in [0.1, 0.15) is 31.2 Å². The maximum Gasteiger partial charge on any atom is 0.319 e. The maximum absolute atomic E-state index is 11.8. The third-order valence-corrected chi connectivity index (χ3v) is 3.65. The van der Waals surface area contributed by atoms with Crippen molar-refractivity contribution in [3.63, 3.8) is 0 Å². The Bertz CT molecular complexity index is 433. The lowest BCUT2D eigenvalue weighted by Crippen LogP contribution is -2.37. The van der Waals surface area contributed by atoms with Gasteiger partial charge in [-0.3, -0.25) is 0 Å². The van der Waals surface area contributed by atoms with Crippen molar-refractivity contribution in [2.45, 2.75) is 38.6 Å². The Morgan fingerprint density at radius 1 is 1.42 bits per heavy atom. The van der Waals surface area contributed by atoms with Crippen molar-refractivity contribution < 1.29 is 4.79 Å². The van der Waals surface area contributed by atoms with E-state index in [4.69, 9.17) is 5.73 Å². The highest BCUT2D eigenvalue weighted by Gasteiger charge is 2.19. The second-order valence-corrected chi connectivity index (χ2v) is 5.50. The highest BCUT2D eigenvalue weighted by Crippen LogP contribution is 2.22. The lowest BCUT2D eigenvalue weighted by Gasteiger charge is -2.26. The molecule has 104 valence electrons. The molecule has 0 heterocycles. The van der Waals surface area contributed by atoms with Gasteiger partial charge in [-0.25, -0.2) is 4.79 Å². The average Bonchev–Trinajstić information content (AvgIpc) is 2.36. The van der Waals surface area contributed by atoms with E-state index in [1.165, 1.54) is 12.8 Å². The quantitative estimate of drug-likeness (QED) is 0.783. The Hall–Kier alpha value is -1.55. The molecule has 2 atom stereocenters. The summed E-state index contributed by atoms with van der Waals surface area (Å²) < 4.78 is 0. The van der Waals surface area contributed by atoms with Crippen LogP contribution in [0.25, 0.3) is 0 Å². The highest BCUT2D eigenvalue weighted by atomic mass is 16.2. The molecule has 2 rings (SSSR count). The summed E-state index contributed by atoms with van der Waals surface area (Å²) in [7, 11) is 0.